The maximum Gasteiger partial charge on any atom is 0.235 e. The molecule has 134 valence electrons. The predicted molar refractivity (Wildman–Crippen MR) is 104 cm³/mol. The third-order valence-electron chi connectivity index (χ3n) is 4.23. The van der Waals surface area contributed by atoms with Crippen molar-refractivity contribution >= 4 is 34.1 Å². The zero-order valence-electron chi connectivity index (χ0n) is 14.5. The standard InChI is InChI=1S/C18H24N4OS2/c1-14(16(23)22-12-6-3-7-13-22)24-18-21-20-17(25-18)19-11-10-15-8-4-2-5-9-15/h2,4-5,8-9,14H,3,6-7,10-13H2,1H3,(H,19,20)/t14-/m1/s1. The van der Waals surface area contributed by atoms with Gasteiger partial charge in [0.2, 0.25) is 11.0 Å². The van der Waals surface area contributed by atoms with Crippen LogP contribution in [0, 0.1) is 0 Å². The summed E-state index contributed by atoms with van der Waals surface area (Å²) in [5, 5.41) is 12.4. The molecule has 0 unspecified atom stereocenters. The number of benzene rings is 1. The highest BCUT2D eigenvalue weighted by atomic mass is 32.2. The lowest BCUT2D eigenvalue weighted by Gasteiger charge is -2.28. The Kier molecular flexibility index (Phi) is 6.69. The Morgan fingerprint density at radius 3 is 2.76 bits per heavy atom. The van der Waals surface area contributed by atoms with E-state index in [1.54, 1.807) is 0 Å². The minimum Gasteiger partial charge on any atom is -0.360 e. The molecule has 1 aliphatic rings. The molecule has 25 heavy (non-hydrogen) atoms. The number of nitrogens with zero attached hydrogens (tertiary/aromatic N) is 3. The molecule has 1 aromatic heterocycles. The Morgan fingerprint density at radius 2 is 2.00 bits per heavy atom. The number of likely N-dealkylation sites (tertiary alicyclic amines) is 1. The van der Waals surface area contributed by atoms with Gasteiger partial charge in [-0.15, -0.1) is 10.2 Å². The number of anilines is 1. The van der Waals surface area contributed by atoms with E-state index < -0.39 is 0 Å². The van der Waals surface area contributed by atoms with Crippen molar-refractivity contribution in [2.24, 2.45) is 0 Å². The number of amides is 1. The number of aromatic nitrogens is 2. The second-order valence-electron chi connectivity index (χ2n) is 6.18. The van der Waals surface area contributed by atoms with Crippen LogP contribution in [0.5, 0.6) is 0 Å². The molecule has 1 fully saturated rings. The number of carbonyl (C=O) groups is 1. The van der Waals surface area contributed by atoms with Crippen LogP contribution >= 0.6 is 23.1 Å². The van der Waals surface area contributed by atoms with Crippen molar-refractivity contribution in [3.05, 3.63) is 35.9 Å². The van der Waals surface area contributed by atoms with E-state index >= 15 is 0 Å². The van der Waals surface area contributed by atoms with Crippen LogP contribution in [0.2, 0.25) is 0 Å². The normalized spacial score (nSPS) is 15.8. The minimum absolute atomic E-state index is 0.108. The number of piperidine rings is 1. The smallest absolute Gasteiger partial charge is 0.235 e. The molecule has 2 aromatic rings. The van der Waals surface area contributed by atoms with Gasteiger partial charge in [0.1, 0.15) is 0 Å². The number of hydrogen-bond donors (Lipinski definition) is 1. The van der Waals surface area contributed by atoms with Gasteiger partial charge in [-0.3, -0.25) is 4.79 Å². The Bertz CT molecular complexity index is 671. The van der Waals surface area contributed by atoms with Crippen LogP contribution in [0.25, 0.3) is 0 Å². The molecule has 1 N–H and O–H groups in total. The molecule has 7 heteroatoms. The van der Waals surface area contributed by atoms with Crippen LogP contribution in [-0.2, 0) is 11.2 Å². The molecule has 1 atom stereocenters. The quantitative estimate of drug-likeness (QED) is 0.747. The monoisotopic (exact) mass is 376 g/mol. The molecule has 0 aliphatic carbocycles. The maximum absolute atomic E-state index is 12.5. The van der Waals surface area contributed by atoms with Crippen molar-refractivity contribution in [2.45, 2.75) is 42.2 Å². The molecule has 0 bridgehead atoms. The molecule has 1 aliphatic heterocycles. The van der Waals surface area contributed by atoms with Gasteiger partial charge in [0.05, 0.1) is 5.25 Å². The second-order valence-corrected chi connectivity index (χ2v) is 8.75. The molecule has 0 radical (unpaired) electrons. The van der Waals surface area contributed by atoms with Crippen LogP contribution in [0.1, 0.15) is 31.7 Å². The van der Waals surface area contributed by atoms with Gasteiger partial charge in [0.25, 0.3) is 0 Å². The van der Waals surface area contributed by atoms with Gasteiger partial charge in [0.15, 0.2) is 4.34 Å². The predicted octanol–water partition coefficient (Wildman–Crippen LogP) is 3.69. The van der Waals surface area contributed by atoms with Crippen LogP contribution in [0.4, 0.5) is 5.13 Å². The van der Waals surface area contributed by atoms with E-state index in [1.807, 2.05) is 17.9 Å². The fraction of sp³-hybridized carbons (Fsp3) is 0.500. The lowest BCUT2D eigenvalue weighted by atomic mass is 10.1. The molecule has 1 amide bonds. The molecular weight excluding hydrogens is 352 g/mol. The van der Waals surface area contributed by atoms with Gasteiger partial charge in [0, 0.05) is 19.6 Å². The summed E-state index contributed by atoms with van der Waals surface area (Å²) in [6, 6.07) is 10.4. The molecule has 1 saturated heterocycles. The van der Waals surface area contributed by atoms with Gasteiger partial charge in [-0.2, -0.15) is 0 Å². The lowest BCUT2D eigenvalue weighted by molar-refractivity contribution is -0.131. The van der Waals surface area contributed by atoms with Gasteiger partial charge in [-0.25, -0.2) is 0 Å². The number of hydrogen-bond acceptors (Lipinski definition) is 6. The highest BCUT2D eigenvalue weighted by Gasteiger charge is 2.24. The zero-order valence-corrected chi connectivity index (χ0v) is 16.1. The fourth-order valence-electron chi connectivity index (χ4n) is 2.86. The van der Waals surface area contributed by atoms with E-state index in [0.717, 1.165) is 48.4 Å². The average molecular weight is 377 g/mol. The third kappa shape index (κ3) is 5.44. The fourth-order valence-corrected chi connectivity index (χ4v) is 4.87. The summed E-state index contributed by atoms with van der Waals surface area (Å²) in [4.78, 5) is 14.5. The summed E-state index contributed by atoms with van der Waals surface area (Å²) in [5.41, 5.74) is 1.30. The molecule has 0 saturated carbocycles. The Hall–Kier alpha value is -1.60. The first-order valence-corrected chi connectivity index (χ1v) is 10.5. The van der Waals surface area contributed by atoms with Gasteiger partial charge in [-0.05, 0) is 38.2 Å². The van der Waals surface area contributed by atoms with Crippen LogP contribution < -0.4 is 5.32 Å². The molecule has 1 aromatic carbocycles. The van der Waals surface area contributed by atoms with E-state index in [9.17, 15) is 4.79 Å². The molecule has 2 heterocycles. The summed E-state index contributed by atoms with van der Waals surface area (Å²) in [6.07, 6.45) is 4.43. The van der Waals surface area contributed by atoms with Gasteiger partial charge < -0.3 is 10.2 Å². The summed E-state index contributed by atoms with van der Waals surface area (Å²) >= 11 is 3.03. The Labute approximate surface area is 157 Å². The summed E-state index contributed by atoms with van der Waals surface area (Å²) < 4.78 is 0.847. The van der Waals surface area contributed by atoms with E-state index in [2.05, 4.69) is 39.8 Å². The van der Waals surface area contributed by atoms with Crippen LogP contribution in [0.15, 0.2) is 34.7 Å². The third-order valence-corrected chi connectivity index (χ3v) is 6.29. The van der Waals surface area contributed by atoms with E-state index in [0.29, 0.717) is 0 Å². The zero-order chi connectivity index (χ0) is 17.5. The average Bonchev–Trinajstić information content (AvgIpc) is 3.10. The van der Waals surface area contributed by atoms with Crippen LogP contribution in [0.3, 0.4) is 0 Å². The summed E-state index contributed by atoms with van der Waals surface area (Å²) in [7, 11) is 0. The Balaban J connectivity index is 1.45. The second kappa shape index (κ2) is 9.20. The van der Waals surface area contributed by atoms with Crippen molar-refractivity contribution in [3.63, 3.8) is 0 Å². The van der Waals surface area contributed by atoms with Crippen molar-refractivity contribution in [3.8, 4) is 0 Å². The largest absolute Gasteiger partial charge is 0.360 e. The van der Waals surface area contributed by atoms with E-state index in [1.165, 1.54) is 35.1 Å². The van der Waals surface area contributed by atoms with Crippen LogP contribution in [-0.4, -0.2) is 45.9 Å². The first kappa shape index (κ1) is 18.2. The molecule has 5 nitrogen and oxygen atoms in total. The van der Waals surface area contributed by atoms with Gasteiger partial charge in [-0.1, -0.05) is 53.4 Å². The van der Waals surface area contributed by atoms with E-state index in [4.69, 9.17) is 0 Å². The number of carbonyl (C=O) groups excluding carboxylic acids is 1. The minimum atomic E-state index is -0.108. The number of rotatable bonds is 7. The maximum atomic E-state index is 12.5. The van der Waals surface area contributed by atoms with Crippen molar-refractivity contribution in [2.75, 3.05) is 25.0 Å². The lowest BCUT2D eigenvalue weighted by Crippen LogP contribution is -2.40. The van der Waals surface area contributed by atoms with Crippen molar-refractivity contribution in [1.82, 2.24) is 15.1 Å². The molecular formula is C18H24N4OS2. The first-order valence-electron chi connectivity index (χ1n) is 8.79. The number of nitrogens with one attached hydrogen (secondary N) is 1. The van der Waals surface area contributed by atoms with Crippen molar-refractivity contribution < 1.29 is 4.79 Å². The van der Waals surface area contributed by atoms with E-state index in [-0.39, 0.29) is 11.2 Å². The topological polar surface area (TPSA) is 58.1 Å². The summed E-state index contributed by atoms with van der Waals surface area (Å²) in [6.45, 7) is 4.58. The first-order chi connectivity index (χ1) is 12.2. The molecule has 0 spiro atoms. The number of thioether (sulfide) groups is 1. The SMILES string of the molecule is C[C@@H](Sc1nnc(NCCc2ccccc2)s1)C(=O)N1CCCCC1. The highest BCUT2D eigenvalue weighted by Crippen LogP contribution is 2.30. The summed E-state index contributed by atoms with van der Waals surface area (Å²) in [5.74, 6) is 0.221. The van der Waals surface area contributed by atoms with Crippen molar-refractivity contribution in [1.29, 1.82) is 0 Å². The molecule has 3 rings (SSSR count). The highest BCUT2D eigenvalue weighted by molar-refractivity contribution is 8.02. The van der Waals surface area contributed by atoms with Gasteiger partial charge >= 0.3 is 0 Å². The Morgan fingerprint density at radius 1 is 1.24 bits per heavy atom.